The highest BCUT2D eigenvalue weighted by Gasteiger charge is 2.20. The van der Waals surface area contributed by atoms with Gasteiger partial charge >= 0.3 is 0 Å². The summed E-state index contributed by atoms with van der Waals surface area (Å²) in [6, 6.07) is 15.2. The maximum absolute atomic E-state index is 12.6. The Kier molecular flexibility index (Phi) is 6.33. The number of amides is 1. The van der Waals surface area contributed by atoms with Crippen molar-refractivity contribution in [3.63, 3.8) is 0 Å². The van der Waals surface area contributed by atoms with Crippen LogP contribution in [0.5, 0.6) is 0 Å². The van der Waals surface area contributed by atoms with Gasteiger partial charge in [0.1, 0.15) is 6.54 Å². The molecule has 1 fully saturated rings. The number of hydrogen-bond acceptors (Lipinski definition) is 3. The number of carbonyl (C=O) groups is 1. The van der Waals surface area contributed by atoms with Gasteiger partial charge in [-0.2, -0.15) is 0 Å². The molecule has 1 aromatic heterocycles. The van der Waals surface area contributed by atoms with Crippen molar-refractivity contribution in [2.45, 2.75) is 30.4 Å². The van der Waals surface area contributed by atoms with Crippen LogP contribution < -0.4 is 5.32 Å². The summed E-state index contributed by atoms with van der Waals surface area (Å²) in [7, 11) is -0.932. The zero-order valence-electron chi connectivity index (χ0n) is 16.0. The van der Waals surface area contributed by atoms with Crippen molar-refractivity contribution < 1.29 is 13.7 Å². The van der Waals surface area contributed by atoms with Gasteiger partial charge in [-0.3, -0.25) is 9.00 Å². The number of halogens is 1. The van der Waals surface area contributed by atoms with Gasteiger partial charge in [-0.15, -0.1) is 0 Å². The zero-order chi connectivity index (χ0) is 20.2. The van der Waals surface area contributed by atoms with Crippen molar-refractivity contribution in [3.8, 4) is 0 Å². The Morgan fingerprint density at radius 3 is 2.83 bits per heavy atom. The van der Waals surface area contributed by atoms with Crippen molar-refractivity contribution in [3.05, 3.63) is 65.3 Å². The Hall–Kier alpha value is -2.15. The van der Waals surface area contributed by atoms with Crippen LogP contribution in [-0.4, -0.2) is 33.1 Å². The third-order valence-electron chi connectivity index (χ3n) is 5.11. The number of hydrogen-bond donors (Lipinski definition) is 1. The molecule has 152 valence electrons. The number of ether oxygens (including phenoxy) is 1. The molecule has 1 N–H and O–H groups in total. The van der Waals surface area contributed by atoms with Crippen molar-refractivity contribution in [1.29, 1.82) is 0 Å². The lowest BCUT2D eigenvalue weighted by Gasteiger charge is -2.21. The summed E-state index contributed by atoms with van der Waals surface area (Å²) in [6.45, 7) is 1.57. The first-order valence-corrected chi connectivity index (χ1v) is 11.4. The average Bonchev–Trinajstić information content (AvgIpc) is 3.10. The van der Waals surface area contributed by atoms with Gasteiger partial charge in [-0.1, -0.05) is 29.8 Å². The van der Waals surface area contributed by atoms with Gasteiger partial charge in [-0.05, 0) is 54.1 Å². The fourth-order valence-corrected chi connectivity index (χ4v) is 5.24. The molecule has 0 saturated carbocycles. The minimum absolute atomic E-state index is 0.120. The molecule has 0 radical (unpaired) electrons. The van der Waals surface area contributed by atoms with E-state index in [9.17, 15) is 9.00 Å². The van der Waals surface area contributed by atoms with E-state index in [2.05, 4.69) is 5.32 Å². The van der Waals surface area contributed by atoms with Gasteiger partial charge in [0, 0.05) is 57.4 Å². The number of nitrogens with one attached hydrogen (secondary N) is 1. The van der Waals surface area contributed by atoms with Crippen molar-refractivity contribution in [1.82, 2.24) is 4.57 Å². The molecule has 3 aromatic rings. The van der Waals surface area contributed by atoms with Crippen LogP contribution in [0.2, 0.25) is 5.02 Å². The molecular weight excluding hydrogens is 408 g/mol. The molecule has 1 aliphatic rings. The van der Waals surface area contributed by atoms with Gasteiger partial charge in [-0.25, -0.2) is 0 Å². The third kappa shape index (κ3) is 5.07. The van der Waals surface area contributed by atoms with Crippen molar-refractivity contribution in [2.75, 3.05) is 18.5 Å². The van der Waals surface area contributed by atoms with E-state index in [0.29, 0.717) is 29.7 Å². The predicted molar refractivity (Wildman–Crippen MR) is 118 cm³/mol. The minimum Gasteiger partial charge on any atom is -0.381 e. The SMILES string of the molecule is O=C(Cn1ccc2ccc(Cl)cc21)Nc1cccc(CS(=O)C2CCOCC2)c1. The van der Waals surface area contributed by atoms with Crippen molar-refractivity contribution >= 4 is 44.9 Å². The normalized spacial score (nSPS) is 16.0. The minimum atomic E-state index is -0.932. The zero-order valence-corrected chi connectivity index (χ0v) is 17.5. The van der Waals surface area contributed by atoms with Gasteiger partial charge < -0.3 is 14.6 Å². The largest absolute Gasteiger partial charge is 0.381 e. The molecule has 2 heterocycles. The Balaban J connectivity index is 1.40. The lowest BCUT2D eigenvalue weighted by molar-refractivity contribution is -0.116. The van der Waals surface area contributed by atoms with Crippen LogP contribution in [0.15, 0.2) is 54.7 Å². The fraction of sp³-hybridized carbons (Fsp3) is 0.318. The first-order valence-electron chi connectivity index (χ1n) is 9.66. The Labute approximate surface area is 177 Å². The van der Waals surface area contributed by atoms with E-state index in [4.69, 9.17) is 16.3 Å². The predicted octanol–water partition coefficient (Wildman–Crippen LogP) is 4.36. The van der Waals surface area contributed by atoms with Crippen LogP contribution in [0.4, 0.5) is 5.69 Å². The summed E-state index contributed by atoms with van der Waals surface area (Å²) in [6.07, 6.45) is 3.57. The topological polar surface area (TPSA) is 60.3 Å². The van der Waals surface area contributed by atoms with Gasteiger partial charge in [0.05, 0.1) is 0 Å². The number of rotatable bonds is 6. The quantitative estimate of drug-likeness (QED) is 0.632. The molecule has 7 heteroatoms. The highest BCUT2D eigenvalue weighted by Crippen LogP contribution is 2.21. The van der Waals surface area contributed by atoms with Crippen LogP contribution in [0.1, 0.15) is 18.4 Å². The maximum atomic E-state index is 12.6. The molecule has 1 aliphatic heterocycles. The van der Waals surface area contributed by atoms with E-state index in [0.717, 1.165) is 29.3 Å². The fourth-order valence-electron chi connectivity index (χ4n) is 3.61. The van der Waals surface area contributed by atoms with Crippen LogP contribution in [0.3, 0.4) is 0 Å². The van der Waals surface area contributed by atoms with Crippen LogP contribution >= 0.6 is 11.6 Å². The van der Waals surface area contributed by atoms with Gasteiger partial charge in [0.2, 0.25) is 5.91 Å². The van der Waals surface area contributed by atoms with Crippen molar-refractivity contribution in [2.24, 2.45) is 0 Å². The number of fused-ring (bicyclic) bond motifs is 1. The molecule has 0 aliphatic carbocycles. The van der Waals surface area contributed by atoms with E-state index >= 15 is 0 Å². The molecule has 0 spiro atoms. The summed E-state index contributed by atoms with van der Waals surface area (Å²) in [5, 5.41) is 4.81. The second-order valence-electron chi connectivity index (χ2n) is 7.23. The van der Waals surface area contributed by atoms with Crippen LogP contribution in [0.25, 0.3) is 10.9 Å². The molecule has 1 amide bonds. The summed E-state index contributed by atoms with van der Waals surface area (Å²) in [5.41, 5.74) is 2.60. The first-order chi connectivity index (χ1) is 14.1. The molecule has 29 heavy (non-hydrogen) atoms. The molecule has 1 saturated heterocycles. The monoisotopic (exact) mass is 430 g/mol. The number of anilines is 1. The van der Waals surface area contributed by atoms with E-state index in [1.807, 2.05) is 59.3 Å². The summed E-state index contributed by atoms with van der Waals surface area (Å²) >= 11 is 6.08. The summed E-state index contributed by atoms with van der Waals surface area (Å²) in [4.78, 5) is 12.6. The number of aromatic nitrogens is 1. The summed E-state index contributed by atoms with van der Waals surface area (Å²) < 4.78 is 19.8. The van der Waals surface area contributed by atoms with E-state index in [-0.39, 0.29) is 17.7 Å². The van der Waals surface area contributed by atoms with E-state index < -0.39 is 10.8 Å². The average molecular weight is 431 g/mol. The smallest absolute Gasteiger partial charge is 0.244 e. The number of carbonyl (C=O) groups excluding carboxylic acids is 1. The second kappa shape index (κ2) is 9.11. The lowest BCUT2D eigenvalue weighted by atomic mass is 10.2. The first kappa shape index (κ1) is 20.1. The summed E-state index contributed by atoms with van der Waals surface area (Å²) in [5.74, 6) is 0.375. The van der Waals surface area contributed by atoms with Crippen LogP contribution in [0, 0.1) is 0 Å². The Morgan fingerprint density at radius 2 is 2.00 bits per heavy atom. The highest BCUT2D eigenvalue weighted by atomic mass is 35.5. The number of nitrogens with zero attached hydrogens (tertiary/aromatic N) is 1. The third-order valence-corrected chi connectivity index (χ3v) is 7.18. The van der Waals surface area contributed by atoms with Gasteiger partial charge in [0.15, 0.2) is 0 Å². The Morgan fingerprint density at radius 1 is 1.17 bits per heavy atom. The van der Waals surface area contributed by atoms with E-state index in [1.54, 1.807) is 0 Å². The molecular formula is C22H23ClN2O3S. The molecule has 2 aromatic carbocycles. The number of benzene rings is 2. The molecule has 5 nitrogen and oxygen atoms in total. The lowest BCUT2D eigenvalue weighted by Crippen LogP contribution is -2.25. The van der Waals surface area contributed by atoms with Crippen LogP contribution in [-0.2, 0) is 32.6 Å². The molecule has 4 rings (SSSR count). The van der Waals surface area contributed by atoms with Gasteiger partial charge in [0.25, 0.3) is 0 Å². The highest BCUT2D eigenvalue weighted by molar-refractivity contribution is 7.84. The molecule has 1 atom stereocenters. The Bertz CT molecular complexity index is 1040. The molecule has 0 bridgehead atoms. The standard InChI is InChI=1S/C22H23ClN2O3S/c23-18-5-4-17-6-9-25(21(17)13-18)14-22(26)24-19-3-1-2-16(12-19)15-29(27)20-7-10-28-11-8-20/h1-6,9,12-13,20H,7-8,10-11,14-15H2,(H,24,26). The van der Waals surface area contributed by atoms with E-state index in [1.165, 1.54) is 0 Å². The second-order valence-corrected chi connectivity index (χ2v) is 9.39. The maximum Gasteiger partial charge on any atom is 0.244 e. The molecule has 1 unspecified atom stereocenters.